The number of aromatic nitrogens is 2. The van der Waals surface area contributed by atoms with Crippen LogP contribution in [0.4, 0.5) is 17.1 Å². The van der Waals surface area contributed by atoms with Gasteiger partial charge in [0, 0.05) is 5.02 Å². The Morgan fingerprint density at radius 1 is 1.05 bits per heavy atom. The molecule has 3 N–H and O–H groups in total. The molecule has 0 aliphatic heterocycles. The van der Waals surface area contributed by atoms with E-state index in [4.69, 9.17) is 33.6 Å². The van der Waals surface area contributed by atoms with Gasteiger partial charge in [-0.1, -0.05) is 23.2 Å². The average Bonchev–Trinajstić information content (AvgIpc) is 2.89. The van der Waals surface area contributed by atoms with Crippen LogP contribution in [-0.4, -0.2) is 10.3 Å². The molecule has 1 heterocycles. The minimum Gasteiger partial charge on any atom is -0.397 e. The van der Waals surface area contributed by atoms with Gasteiger partial charge in [0.1, 0.15) is 0 Å². The maximum Gasteiger partial charge on any atom is 0.160 e. The van der Waals surface area contributed by atoms with Gasteiger partial charge in [0.25, 0.3) is 0 Å². The summed E-state index contributed by atoms with van der Waals surface area (Å²) in [4.78, 5) is 0. The van der Waals surface area contributed by atoms with E-state index < -0.39 is 0 Å². The number of anilines is 3. The first-order valence-corrected chi connectivity index (χ1v) is 6.55. The molecular weight excluding hydrogens is 299 g/mol. The van der Waals surface area contributed by atoms with E-state index in [2.05, 4.69) is 15.6 Å². The number of nitrogens with two attached hydrogens (primary N) is 1. The van der Waals surface area contributed by atoms with Gasteiger partial charge in [-0.05, 0) is 47.1 Å². The van der Waals surface area contributed by atoms with Gasteiger partial charge < -0.3 is 11.1 Å². The fourth-order valence-electron chi connectivity index (χ4n) is 1.87. The molecule has 0 unspecified atom stereocenters. The number of aryl methyl sites for hydroxylation is 1. The number of hydrogen-bond donors (Lipinski definition) is 2. The standard InChI is InChI=1S/C13H10Cl2N4O/c1-6-4-8(15)11(5-7(6)14)17-10-3-2-9(16)12-13(10)19-20-18-12/h2-5,17H,16H2,1H3. The first kappa shape index (κ1) is 13.0. The number of nitrogens with zero attached hydrogens (tertiary/aromatic N) is 2. The SMILES string of the molecule is Cc1cc(Cl)c(Nc2ccc(N)c3nonc23)cc1Cl. The van der Waals surface area contributed by atoms with Gasteiger partial charge in [-0.3, -0.25) is 0 Å². The van der Waals surface area contributed by atoms with Crippen LogP contribution in [0.25, 0.3) is 11.0 Å². The van der Waals surface area contributed by atoms with E-state index in [1.807, 2.05) is 6.92 Å². The molecule has 0 radical (unpaired) electrons. The van der Waals surface area contributed by atoms with E-state index in [1.165, 1.54) is 0 Å². The largest absolute Gasteiger partial charge is 0.397 e. The van der Waals surface area contributed by atoms with Crippen molar-refractivity contribution in [3.05, 3.63) is 39.9 Å². The lowest BCUT2D eigenvalue weighted by atomic mass is 10.2. The number of benzene rings is 2. The van der Waals surface area contributed by atoms with Gasteiger partial charge in [-0.15, -0.1) is 0 Å². The summed E-state index contributed by atoms with van der Waals surface area (Å²) in [6, 6.07) is 7.06. The summed E-state index contributed by atoms with van der Waals surface area (Å²) < 4.78 is 4.72. The van der Waals surface area contributed by atoms with Crippen molar-refractivity contribution in [2.24, 2.45) is 0 Å². The Morgan fingerprint density at radius 2 is 1.80 bits per heavy atom. The Balaban J connectivity index is 2.08. The molecule has 1 aromatic heterocycles. The van der Waals surface area contributed by atoms with Gasteiger partial charge >= 0.3 is 0 Å². The lowest BCUT2D eigenvalue weighted by Crippen LogP contribution is -1.95. The number of hydrogen-bond acceptors (Lipinski definition) is 5. The van der Waals surface area contributed by atoms with Gasteiger partial charge in [-0.25, -0.2) is 4.63 Å². The van der Waals surface area contributed by atoms with Crippen LogP contribution in [0.3, 0.4) is 0 Å². The molecule has 0 bridgehead atoms. The summed E-state index contributed by atoms with van der Waals surface area (Å²) >= 11 is 12.3. The molecule has 5 nitrogen and oxygen atoms in total. The second-order valence-corrected chi connectivity index (χ2v) is 5.18. The van der Waals surface area contributed by atoms with Gasteiger partial charge in [-0.2, -0.15) is 0 Å². The predicted molar refractivity (Wildman–Crippen MR) is 80.7 cm³/mol. The van der Waals surface area contributed by atoms with Gasteiger partial charge in [0.2, 0.25) is 0 Å². The Kier molecular flexibility index (Phi) is 3.16. The summed E-state index contributed by atoms with van der Waals surface area (Å²) in [6.07, 6.45) is 0. The molecule has 7 heteroatoms. The molecule has 0 aliphatic rings. The summed E-state index contributed by atoms with van der Waals surface area (Å²) in [5.74, 6) is 0. The zero-order valence-electron chi connectivity index (χ0n) is 10.4. The molecule has 0 saturated heterocycles. The molecule has 20 heavy (non-hydrogen) atoms. The molecule has 0 aliphatic carbocycles. The first-order chi connectivity index (χ1) is 9.56. The number of rotatable bonds is 2. The Labute approximate surface area is 124 Å². The average molecular weight is 309 g/mol. The zero-order chi connectivity index (χ0) is 14.3. The van der Waals surface area contributed by atoms with Crippen molar-refractivity contribution >= 4 is 51.3 Å². The van der Waals surface area contributed by atoms with Crippen LogP contribution in [0.1, 0.15) is 5.56 Å². The minimum absolute atomic E-state index is 0.500. The Bertz CT molecular complexity index is 800. The molecule has 102 valence electrons. The molecule has 2 aromatic carbocycles. The van der Waals surface area contributed by atoms with Crippen molar-refractivity contribution in [3.63, 3.8) is 0 Å². The van der Waals surface area contributed by atoms with Crippen molar-refractivity contribution in [1.29, 1.82) is 0 Å². The van der Waals surface area contributed by atoms with Crippen molar-refractivity contribution in [2.45, 2.75) is 6.92 Å². The summed E-state index contributed by atoms with van der Waals surface area (Å²) in [5, 5.41) is 12.0. The Morgan fingerprint density at radius 3 is 2.60 bits per heavy atom. The van der Waals surface area contributed by atoms with E-state index >= 15 is 0 Å². The highest BCUT2D eigenvalue weighted by Gasteiger charge is 2.12. The third-order valence-electron chi connectivity index (χ3n) is 2.96. The van der Waals surface area contributed by atoms with Crippen LogP contribution in [0.15, 0.2) is 28.9 Å². The summed E-state index contributed by atoms with van der Waals surface area (Å²) in [5.41, 5.74) is 9.62. The minimum atomic E-state index is 0.500. The highest BCUT2D eigenvalue weighted by molar-refractivity contribution is 6.36. The first-order valence-electron chi connectivity index (χ1n) is 5.79. The zero-order valence-corrected chi connectivity index (χ0v) is 12.0. The predicted octanol–water partition coefficient (Wildman–Crippen LogP) is 4.16. The summed E-state index contributed by atoms with van der Waals surface area (Å²) in [6.45, 7) is 1.89. The van der Waals surface area contributed by atoms with Gasteiger partial charge in [0.15, 0.2) is 11.0 Å². The number of fused-ring (bicyclic) bond motifs is 1. The Hall–Kier alpha value is -1.98. The van der Waals surface area contributed by atoms with Crippen LogP contribution < -0.4 is 11.1 Å². The molecule has 0 spiro atoms. The molecule has 0 saturated carbocycles. The highest BCUT2D eigenvalue weighted by Crippen LogP contribution is 2.33. The second kappa shape index (κ2) is 4.85. The van der Waals surface area contributed by atoms with E-state index in [1.54, 1.807) is 24.3 Å². The molecule has 0 fully saturated rings. The second-order valence-electron chi connectivity index (χ2n) is 4.37. The molecule has 3 aromatic rings. The molecule has 0 atom stereocenters. The maximum atomic E-state index is 6.20. The third kappa shape index (κ3) is 2.15. The normalized spacial score (nSPS) is 10.9. The van der Waals surface area contributed by atoms with Crippen LogP contribution in [0.5, 0.6) is 0 Å². The fourth-order valence-corrected chi connectivity index (χ4v) is 2.30. The van der Waals surface area contributed by atoms with Crippen molar-refractivity contribution in [3.8, 4) is 0 Å². The van der Waals surface area contributed by atoms with Crippen molar-refractivity contribution in [1.82, 2.24) is 10.3 Å². The summed E-state index contributed by atoms with van der Waals surface area (Å²) in [7, 11) is 0. The number of halogens is 2. The molecule has 0 amide bonds. The van der Waals surface area contributed by atoms with Crippen LogP contribution in [0.2, 0.25) is 10.0 Å². The van der Waals surface area contributed by atoms with Crippen molar-refractivity contribution in [2.75, 3.05) is 11.1 Å². The van der Waals surface area contributed by atoms with E-state index in [0.717, 1.165) is 5.56 Å². The quantitative estimate of drug-likeness (QED) is 0.695. The number of nitrogen functional groups attached to an aromatic ring is 1. The van der Waals surface area contributed by atoms with Crippen LogP contribution in [-0.2, 0) is 0 Å². The van der Waals surface area contributed by atoms with Gasteiger partial charge in [0.05, 0.1) is 22.1 Å². The van der Waals surface area contributed by atoms with Crippen molar-refractivity contribution < 1.29 is 4.63 Å². The number of nitrogens with one attached hydrogen (secondary N) is 1. The van der Waals surface area contributed by atoms with E-state index in [-0.39, 0.29) is 0 Å². The van der Waals surface area contributed by atoms with E-state index in [9.17, 15) is 0 Å². The van der Waals surface area contributed by atoms with Crippen LogP contribution in [0, 0.1) is 6.92 Å². The smallest absolute Gasteiger partial charge is 0.160 e. The molecule has 3 rings (SSSR count). The van der Waals surface area contributed by atoms with E-state index in [0.29, 0.717) is 38.1 Å². The fraction of sp³-hybridized carbons (Fsp3) is 0.0769. The lowest BCUT2D eigenvalue weighted by molar-refractivity contribution is 0.316. The topological polar surface area (TPSA) is 77.0 Å². The third-order valence-corrected chi connectivity index (χ3v) is 3.68. The highest BCUT2D eigenvalue weighted by atomic mass is 35.5. The monoisotopic (exact) mass is 308 g/mol. The lowest BCUT2D eigenvalue weighted by Gasteiger charge is -2.10. The maximum absolute atomic E-state index is 6.20. The molecular formula is C13H10Cl2N4O. The van der Waals surface area contributed by atoms with Crippen LogP contribution >= 0.6 is 23.2 Å².